The molecule has 1 aliphatic carbocycles. The molecular weight excluding hydrogens is 230 g/mol. The normalized spacial score (nSPS) is 22.0. The lowest BCUT2D eigenvalue weighted by Gasteiger charge is -2.35. The monoisotopic (exact) mass is 242 g/mol. The van der Waals surface area contributed by atoms with Gasteiger partial charge in [-0.05, 0) is 12.8 Å². The van der Waals surface area contributed by atoms with Crippen LogP contribution in [0.2, 0.25) is 0 Å². The SMILES string of the molecule is O=C(O)C1(c2cnccn2)CCC(F)(F)CC1. The third-order valence-electron chi connectivity index (χ3n) is 3.30. The van der Waals surface area contributed by atoms with Crippen LogP contribution in [-0.2, 0) is 10.2 Å². The van der Waals surface area contributed by atoms with Gasteiger partial charge in [-0.15, -0.1) is 0 Å². The predicted octanol–water partition coefficient (Wildman–Crippen LogP) is 2.01. The number of hydrogen-bond acceptors (Lipinski definition) is 3. The molecule has 0 aliphatic heterocycles. The van der Waals surface area contributed by atoms with Crippen LogP contribution in [0.25, 0.3) is 0 Å². The van der Waals surface area contributed by atoms with Crippen LogP contribution in [-0.4, -0.2) is 27.0 Å². The van der Waals surface area contributed by atoms with E-state index >= 15 is 0 Å². The van der Waals surface area contributed by atoms with E-state index in [0.29, 0.717) is 0 Å². The van der Waals surface area contributed by atoms with Crippen LogP contribution in [0.4, 0.5) is 8.78 Å². The molecule has 0 aromatic carbocycles. The molecule has 1 aromatic rings. The fourth-order valence-corrected chi connectivity index (χ4v) is 2.17. The number of carboxylic acid groups (broad SMARTS) is 1. The molecule has 1 aromatic heterocycles. The molecule has 1 heterocycles. The van der Waals surface area contributed by atoms with Crippen molar-refractivity contribution in [1.29, 1.82) is 0 Å². The van der Waals surface area contributed by atoms with E-state index in [-0.39, 0.29) is 18.5 Å². The summed E-state index contributed by atoms with van der Waals surface area (Å²) in [7, 11) is 0. The maximum absolute atomic E-state index is 13.1. The number of aromatic nitrogens is 2. The molecule has 0 unspecified atom stereocenters. The van der Waals surface area contributed by atoms with E-state index in [1.54, 1.807) is 0 Å². The number of carboxylic acids is 1. The first kappa shape index (κ1) is 11.9. The smallest absolute Gasteiger partial charge is 0.315 e. The lowest BCUT2D eigenvalue weighted by Crippen LogP contribution is -2.43. The van der Waals surface area contributed by atoms with Crippen LogP contribution in [0.15, 0.2) is 18.6 Å². The van der Waals surface area contributed by atoms with E-state index in [2.05, 4.69) is 9.97 Å². The van der Waals surface area contributed by atoms with E-state index in [4.69, 9.17) is 0 Å². The van der Waals surface area contributed by atoms with Crippen molar-refractivity contribution >= 4 is 5.97 Å². The maximum Gasteiger partial charge on any atom is 0.315 e. The standard InChI is InChI=1S/C11H12F2N2O2/c12-11(13)3-1-10(2-4-11,9(16)17)8-7-14-5-6-15-8/h5-7H,1-4H2,(H,16,17). The van der Waals surface area contributed by atoms with Crippen molar-refractivity contribution in [3.8, 4) is 0 Å². The van der Waals surface area contributed by atoms with Crippen LogP contribution in [0.5, 0.6) is 0 Å². The summed E-state index contributed by atoms with van der Waals surface area (Å²) in [6, 6.07) is 0. The second-order valence-corrected chi connectivity index (χ2v) is 4.33. The zero-order chi connectivity index (χ0) is 12.5. The molecule has 0 radical (unpaired) electrons. The van der Waals surface area contributed by atoms with Crippen molar-refractivity contribution in [3.05, 3.63) is 24.3 Å². The lowest BCUT2D eigenvalue weighted by atomic mass is 9.70. The first-order valence-corrected chi connectivity index (χ1v) is 5.34. The summed E-state index contributed by atoms with van der Waals surface area (Å²) in [5.74, 6) is -3.87. The second kappa shape index (κ2) is 4.01. The number of nitrogens with zero attached hydrogens (tertiary/aromatic N) is 2. The Morgan fingerprint density at radius 1 is 1.24 bits per heavy atom. The Morgan fingerprint density at radius 2 is 1.88 bits per heavy atom. The molecule has 1 saturated carbocycles. The van der Waals surface area contributed by atoms with E-state index in [1.165, 1.54) is 18.6 Å². The molecule has 1 fully saturated rings. The van der Waals surface area contributed by atoms with Crippen molar-refractivity contribution in [2.45, 2.75) is 37.0 Å². The minimum atomic E-state index is -2.76. The molecule has 2 rings (SSSR count). The van der Waals surface area contributed by atoms with E-state index in [9.17, 15) is 18.7 Å². The first-order chi connectivity index (χ1) is 7.96. The van der Waals surface area contributed by atoms with Gasteiger partial charge in [0.1, 0.15) is 5.41 Å². The van der Waals surface area contributed by atoms with Crippen LogP contribution >= 0.6 is 0 Å². The highest BCUT2D eigenvalue weighted by Crippen LogP contribution is 2.44. The number of rotatable bonds is 2. The molecule has 0 bridgehead atoms. The summed E-state index contributed by atoms with van der Waals surface area (Å²) < 4.78 is 26.2. The zero-order valence-corrected chi connectivity index (χ0v) is 9.07. The minimum Gasteiger partial charge on any atom is -0.481 e. The van der Waals surface area contributed by atoms with Gasteiger partial charge < -0.3 is 5.11 Å². The van der Waals surface area contributed by atoms with E-state index < -0.39 is 30.1 Å². The summed E-state index contributed by atoms with van der Waals surface area (Å²) in [5, 5.41) is 9.30. The lowest BCUT2D eigenvalue weighted by molar-refractivity contribution is -0.149. The predicted molar refractivity (Wildman–Crippen MR) is 54.8 cm³/mol. The Morgan fingerprint density at radius 3 is 2.35 bits per heavy atom. The number of halogens is 2. The molecule has 17 heavy (non-hydrogen) atoms. The summed E-state index contributed by atoms with van der Waals surface area (Å²) in [4.78, 5) is 19.1. The fraction of sp³-hybridized carbons (Fsp3) is 0.545. The quantitative estimate of drug-likeness (QED) is 0.861. The third-order valence-corrected chi connectivity index (χ3v) is 3.30. The Kier molecular flexibility index (Phi) is 2.81. The summed E-state index contributed by atoms with van der Waals surface area (Å²) in [5.41, 5.74) is -1.04. The van der Waals surface area contributed by atoms with Gasteiger partial charge in [0.15, 0.2) is 0 Å². The number of alkyl halides is 2. The molecular formula is C11H12F2N2O2. The van der Waals surface area contributed by atoms with Crippen molar-refractivity contribution in [3.63, 3.8) is 0 Å². The van der Waals surface area contributed by atoms with Crippen LogP contribution < -0.4 is 0 Å². The van der Waals surface area contributed by atoms with E-state index in [0.717, 1.165) is 0 Å². The first-order valence-electron chi connectivity index (χ1n) is 5.34. The van der Waals surface area contributed by atoms with Gasteiger partial charge >= 0.3 is 5.97 Å². The molecule has 0 saturated heterocycles. The second-order valence-electron chi connectivity index (χ2n) is 4.33. The molecule has 0 spiro atoms. The van der Waals surface area contributed by atoms with Gasteiger partial charge in [-0.25, -0.2) is 8.78 Å². The third kappa shape index (κ3) is 2.11. The van der Waals surface area contributed by atoms with Gasteiger partial charge in [0.2, 0.25) is 5.92 Å². The van der Waals surface area contributed by atoms with Crippen LogP contribution in [0, 0.1) is 0 Å². The van der Waals surface area contributed by atoms with Crippen molar-refractivity contribution in [2.75, 3.05) is 0 Å². The molecule has 92 valence electrons. The van der Waals surface area contributed by atoms with Gasteiger partial charge in [0.05, 0.1) is 5.69 Å². The van der Waals surface area contributed by atoms with Crippen molar-refractivity contribution < 1.29 is 18.7 Å². The average Bonchev–Trinajstić information content (AvgIpc) is 2.30. The van der Waals surface area contributed by atoms with E-state index in [1.807, 2.05) is 0 Å². The number of carbonyl (C=O) groups is 1. The van der Waals surface area contributed by atoms with Crippen molar-refractivity contribution in [2.24, 2.45) is 0 Å². The molecule has 1 N–H and O–H groups in total. The number of aliphatic carboxylic acids is 1. The van der Waals surface area contributed by atoms with Crippen LogP contribution in [0.3, 0.4) is 0 Å². The Balaban J connectivity index is 2.33. The fourth-order valence-electron chi connectivity index (χ4n) is 2.17. The highest BCUT2D eigenvalue weighted by molar-refractivity contribution is 5.80. The average molecular weight is 242 g/mol. The minimum absolute atomic E-state index is 0.103. The molecule has 1 aliphatic rings. The highest BCUT2D eigenvalue weighted by Gasteiger charge is 2.50. The summed E-state index contributed by atoms with van der Waals surface area (Å²) >= 11 is 0. The van der Waals surface area contributed by atoms with Gasteiger partial charge in [-0.1, -0.05) is 0 Å². The highest BCUT2D eigenvalue weighted by atomic mass is 19.3. The Labute approximate surface area is 96.7 Å². The molecule has 0 atom stereocenters. The van der Waals surface area contributed by atoms with Gasteiger partial charge in [0.25, 0.3) is 0 Å². The van der Waals surface area contributed by atoms with Gasteiger partial charge in [0, 0.05) is 31.4 Å². The van der Waals surface area contributed by atoms with Crippen molar-refractivity contribution in [1.82, 2.24) is 9.97 Å². The largest absolute Gasteiger partial charge is 0.481 e. The maximum atomic E-state index is 13.1. The summed E-state index contributed by atoms with van der Waals surface area (Å²) in [6.45, 7) is 0. The molecule has 6 heteroatoms. The zero-order valence-electron chi connectivity index (χ0n) is 9.07. The Bertz CT molecular complexity index is 413. The Hall–Kier alpha value is -1.59. The summed E-state index contributed by atoms with van der Waals surface area (Å²) in [6.07, 6.45) is 3.11. The van der Waals surface area contributed by atoms with Gasteiger partial charge in [-0.3, -0.25) is 14.8 Å². The number of hydrogen-bond donors (Lipinski definition) is 1. The topological polar surface area (TPSA) is 63.1 Å². The molecule has 4 nitrogen and oxygen atoms in total. The van der Waals surface area contributed by atoms with Gasteiger partial charge in [-0.2, -0.15) is 0 Å². The molecule has 0 amide bonds. The van der Waals surface area contributed by atoms with Crippen LogP contribution in [0.1, 0.15) is 31.4 Å².